The van der Waals surface area contributed by atoms with Crippen LogP contribution in [0, 0.1) is 11.3 Å². The zero-order valence-corrected chi connectivity index (χ0v) is 10.5. The summed E-state index contributed by atoms with van der Waals surface area (Å²) < 4.78 is 9.75. The van der Waals surface area contributed by atoms with Crippen molar-refractivity contribution in [2.75, 3.05) is 13.2 Å². The number of nitriles is 1. The van der Waals surface area contributed by atoms with E-state index < -0.39 is 5.97 Å². The molecule has 1 heterocycles. The highest BCUT2D eigenvalue weighted by molar-refractivity contribution is 6.30. The number of rotatable bonds is 4. The molecule has 1 rings (SSSR count). The van der Waals surface area contributed by atoms with Crippen molar-refractivity contribution in [1.82, 2.24) is 4.98 Å². The quantitative estimate of drug-likeness (QED) is 0.787. The molecule has 0 N–H and O–H groups in total. The first kappa shape index (κ1) is 15.5. The molecular formula is C10H10Cl2N2O3. The van der Waals surface area contributed by atoms with Crippen LogP contribution >= 0.6 is 24.0 Å². The Balaban J connectivity index is 0.00000256. The van der Waals surface area contributed by atoms with E-state index in [1.165, 1.54) is 12.3 Å². The summed E-state index contributed by atoms with van der Waals surface area (Å²) in [4.78, 5) is 14.8. The van der Waals surface area contributed by atoms with Gasteiger partial charge in [0.1, 0.15) is 6.07 Å². The van der Waals surface area contributed by atoms with Gasteiger partial charge in [0.2, 0.25) is 0 Å². The first-order chi connectivity index (χ1) is 7.67. The SMILES string of the molecule is CCOC(=O)COc1cc(Cl)cnc1C#N.Cl. The molecule has 0 atom stereocenters. The van der Waals surface area contributed by atoms with Crippen LogP contribution in [-0.4, -0.2) is 24.2 Å². The number of esters is 1. The molecule has 0 aromatic carbocycles. The molecule has 92 valence electrons. The van der Waals surface area contributed by atoms with Gasteiger partial charge in [0, 0.05) is 12.3 Å². The first-order valence-corrected chi connectivity index (χ1v) is 4.89. The Labute approximate surface area is 110 Å². The fourth-order valence-corrected chi connectivity index (χ4v) is 1.10. The van der Waals surface area contributed by atoms with E-state index in [9.17, 15) is 4.79 Å². The second kappa shape index (κ2) is 7.71. The van der Waals surface area contributed by atoms with Gasteiger partial charge in [-0.05, 0) is 6.92 Å². The lowest BCUT2D eigenvalue weighted by atomic mass is 10.3. The van der Waals surface area contributed by atoms with Crippen LogP contribution < -0.4 is 4.74 Å². The Morgan fingerprint density at radius 3 is 2.94 bits per heavy atom. The molecule has 0 aliphatic carbocycles. The van der Waals surface area contributed by atoms with Crippen molar-refractivity contribution in [2.45, 2.75) is 6.92 Å². The highest BCUT2D eigenvalue weighted by Gasteiger charge is 2.09. The number of hydrogen-bond donors (Lipinski definition) is 0. The minimum atomic E-state index is -0.508. The average molecular weight is 277 g/mol. The minimum absolute atomic E-state index is 0. The fourth-order valence-electron chi connectivity index (χ4n) is 0.954. The smallest absolute Gasteiger partial charge is 0.344 e. The predicted octanol–water partition coefficient (Wildman–Crippen LogP) is 1.97. The van der Waals surface area contributed by atoms with Crippen LogP contribution in [0.3, 0.4) is 0 Å². The van der Waals surface area contributed by atoms with Crippen LogP contribution in [0.5, 0.6) is 5.75 Å². The number of halogens is 2. The molecule has 0 radical (unpaired) electrons. The number of aromatic nitrogens is 1. The molecule has 0 saturated heterocycles. The zero-order valence-electron chi connectivity index (χ0n) is 8.97. The molecule has 0 spiro atoms. The maximum absolute atomic E-state index is 11.0. The molecule has 0 aliphatic rings. The van der Waals surface area contributed by atoms with Gasteiger partial charge >= 0.3 is 5.97 Å². The third kappa shape index (κ3) is 4.89. The van der Waals surface area contributed by atoms with Crippen molar-refractivity contribution in [3.8, 4) is 11.8 Å². The Morgan fingerprint density at radius 1 is 1.65 bits per heavy atom. The molecule has 7 heteroatoms. The van der Waals surface area contributed by atoms with Gasteiger partial charge in [-0.15, -0.1) is 12.4 Å². The van der Waals surface area contributed by atoms with Crippen LogP contribution in [0.15, 0.2) is 12.3 Å². The molecule has 0 unspecified atom stereocenters. The molecule has 5 nitrogen and oxygen atoms in total. The van der Waals surface area contributed by atoms with Gasteiger partial charge in [-0.3, -0.25) is 0 Å². The first-order valence-electron chi connectivity index (χ1n) is 4.51. The Morgan fingerprint density at radius 2 is 2.35 bits per heavy atom. The lowest BCUT2D eigenvalue weighted by molar-refractivity contribution is -0.145. The van der Waals surface area contributed by atoms with Gasteiger partial charge in [0.25, 0.3) is 0 Å². The number of ether oxygens (including phenoxy) is 2. The number of carbonyl (C=O) groups excluding carboxylic acids is 1. The van der Waals surface area contributed by atoms with Crippen molar-refractivity contribution in [2.24, 2.45) is 0 Å². The summed E-state index contributed by atoms with van der Waals surface area (Å²) >= 11 is 5.68. The van der Waals surface area contributed by atoms with Crippen LogP contribution in [0.2, 0.25) is 5.02 Å². The standard InChI is InChI=1S/C10H9ClN2O3.ClH/c1-2-15-10(14)6-16-9-3-7(11)5-13-8(9)4-12;/h3,5H,2,6H2,1H3;1H. The van der Waals surface area contributed by atoms with Crippen LogP contribution in [0.25, 0.3) is 0 Å². The maximum Gasteiger partial charge on any atom is 0.344 e. The largest absolute Gasteiger partial charge is 0.479 e. The summed E-state index contributed by atoms with van der Waals surface area (Å²) in [6.45, 7) is 1.70. The average Bonchev–Trinajstić information content (AvgIpc) is 2.27. The molecule has 1 aromatic rings. The number of carbonyl (C=O) groups is 1. The van der Waals surface area contributed by atoms with Crippen molar-refractivity contribution in [3.05, 3.63) is 23.0 Å². The fraction of sp³-hybridized carbons (Fsp3) is 0.300. The van der Waals surface area contributed by atoms with Crippen molar-refractivity contribution < 1.29 is 14.3 Å². The van der Waals surface area contributed by atoms with E-state index in [1.807, 2.05) is 6.07 Å². The summed E-state index contributed by atoms with van der Waals surface area (Å²) in [6.07, 6.45) is 1.33. The van der Waals surface area contributed by atoms with E-state index in [4.69, 9.17) is 21.6 Å². The normalized spacial score (nSPS) is 8.76. The van der Waals surface area contributed by atoms with Crippen molar-refractivity contribution in [1.29, 1.82) is 5.26 Å². The molecule has 1 aromatic heterocycles. The molecule has 0 aliphatic heterocycles. The molecule has 0 amide bonds. The lowest BCUT2D eigenvalue weighted by Gasteiger charge is -2.06. The molecule has 0 fully saturated rings. The van der Waals surface area contributed by atoms with Gasteiger partial charge in [-0.2, -0.15) is 5.26 Å². The summed E-state index contributed by atoms with van der Waals surface area (Å²) in [7, 11) is 0. The van der Waals surface area contributed by atoms with E-state index >= 15 is 0 Å². The second-order valence-electron chi connectivity index (χ2n) is 2.71. The topological polar surface area (TPSA) is 72.2 Å². The minimum Gasteiger partial charge on any atom is -0.479 e. The van der Waals surface area contributed by atoms with E-state index in [1.54, 1.807) is 6.92 Å². The maximum atomic E-state index is 11.0. The monoisotopic (exact) mass is 276 g/mol. The molecular weight excluding hydrogens is 267 g/mol. The van der Waals surface area contributed by atoms with Gasteiger partial charge in [-0.25, -0.2) is 9.78 Å². The summed E-state index contributed by atoms with van der Waals surface area (Å²) in [6, 6.07) is 3.25. The van der Waals surface area contributed by atoms with Crippen molar-refractivity contribution in [3.63, 3.8) is 0 Å². The highest BCUT2D eigenvalue weighted by atomic mass is 35.5. The van der Waals surface area contributed by atoms with Gasteiger partial charge < -0.3 is 9.47 Å². The second-order valence-corrected chi connectivity index (χ2v) is 3.14. The van der Waals surface area contributed by atoms with Gasteiger partial charge in [0.05, 0.1) is 11.6 Å². The molecule has 0 bridgehead atoms. The van der Waals surface area contributed by atoms with Crippen LogP contribution in [-0.2, 0) is 9.53 Å². The third-order valence-electron chi connectivity index (χ3n) is 1.58. The van der Waals surface area contributed by atoms with Crippen LogP contribution in [0.1, 0.15) is 12.6 Å². The Bertz CT molecular complexity index is 432. The number of pyridine rings is 1. The lowest BCUT2D eigenvalue weighted by Crippen LogP contribution is -2.15. The summed E-state index contributed by atoms with van der Waals surface area (Å²) in [5.74, 6) is -0.339. The van der Waals surface area contributed by atoms with E-state index in [-0.39, 0.29) is 37.1 Å². The summed E-state index contributed by atoms with van der Waals surface area (Å²) in [5, 5.41) is 9.06. The number of nitrogens with zero attached hydrogens (tertiary/aromatic N) is 2. The third-order valence-corrected chi connectivity index (χ3v) is 1.78. The molecule has 0 saturated carbocycles. The number of hydrogen-bond acceptors (Lipinski definition) is 5. The zero-order chi connectivity index (χ0) is 12.0. The predicted molar refractivity (Wildman–Crippen MR) is 63.3 cm³/mol. The van der Waals surface area contributed by atoms with Gasteiger partial charge in [-0.1, -0.05) is 11.6 Å². The molecule has 17 heavy (non-hydrogen) atoms. The Kier molecular flexibility index (Phi) is 7.03. The van der Waals surface area contributed by atoms with E-state index in [0.717, 1.165) is 0 Å². The van der Waals surface area contributed by atoms with Crippen molar-refractivity contribution >= 4 is 30.0 Å². The van der Waals surface area contributed by atoms with Crippen LogP contribution in [0.4, 0.5) is 0 Å². The van der Waals surface area contributed by atoms with Gasteiger partial charge in [0.15, 0.2) is 18.1 Å². The Hall–Kier alpha value is -1.51. The van der Waals surface area contributed by atoms with E-state index in [2.05, 4.69) is 9.72 Å². The van der Waals surface area contributed by atoms with E-state index in [0.29, 0.717) is 5.02 Å². The highest BCUT2D eigenvalue weighted by Crippen LogP contribution is 2.20. The summed E-state index contributed by atoms with van der Waals surface area (Å²) in [5.41, 5.74) is 0.0775.